The molecule has 0 bridgehead atoms. The smallest absolute Gasteiger partial charge is 0.250 e. The summed E-state index contributed by atoms with van der Waals surface area (Å²) in [5.41, 5.74) is 0.818. The second-order valence-corrected chi connectivity index (χ2v) is 6.11. The quantitative estimate of drug-likeness (QED) is 0.946. The summed E-state index contributed by atoms with van der Waals surface area (Å²) in [6.45, 7) is 2.25. The molecule has 0 saturated carbocycles. The van der Waals surface area contributed by atoms with Crippen LogP contribution in [0.25, 0.3) is 0 Å². The first kappa shape index (κ1) is 13.8. The molecular formula is C16H16N2O2S. The van der Waals surface area contributed by atoms with Crippen LogP contribution >= 0.6 is 11.3 Å². The van der Waals surface area contributed by atoms with Crippen LogP contribution in [0.1, 0.15) is 23.4 Å². The molecule has 2 unspecified atom stereocenters. The van der Waals surface area contributed by atoms with Crippen molar-refractivity contribution in [1.29, 1.82) is 0 Å². The zero-order valence-corrected chi connectivity index (χ0v) is 12.5. The molecule has 0 spiro atoms. The van der Waals surface area contributed by atoms with Crippen molar-refractivity contribution >= 4 is 23.2 Å². The molecule has 2 amide bonds. The van der Waals surface area contributed by atoms with E-state index in [2.05, 4.69) is 5.32 Å². The molecule has 2 aromatic rings. The van der Waals surface area contributed by atoms with Crippen LogP contribution in [0.4, 0.5) is 0 Å². The molecule has 3 rings (SSSR count). The molecule has 21 heavy (non-hydrogen) atoms. The Balaban J connectivity index is 1.88. The molecule has 108 valence electrons. The van der Waals surface area contributed by atoms with E-state index < -0.39 is 12.1 Å². The van der Waals surface area contributed by atoms with E-state index in [0.29, 0.717) is 6.54 Å². The van der Waals surface area contributed by atoms with Crippen molar-refractivity contribution in [1.82, 2.24) is 10.2 Å². The van der Waals surface area contributed by atoms with E-state index in [1.165, 1.54) is 0 Å². The monoisotopic (exact) mass is 300 g/mol. The Morgan fingerprint density at radius 3 is 2.57 bits per heavy atom. The summed E-state index contributed by atoms with van der Waals surface area (Å²) in [4.78, 5) is 27.6. The first-order valence-electron chi connectivity index (χ1n) is 6.85. The van der Waals surface area contributed by atoms with Gasteiger partial charge in [0.2, 0.25) is 5.91 Å². The summed E-state index contributed by atoms with van der Waals surface area (Å²) >= 11 is 1.59. The van der Waals surface area contributed by atoms with Gasteiger partial charge in [-0.3, -0.25) is 9.59 Å². The van der Waals surface area contributed by atoms with Gasteiger partial charge < -0.3 is 10.2 Å². The maximum absolute atomic E-state index is 12.7. The number of nitrogens with zero attached hydrogens (tertiary/aromatic N) is 1. The Hall–Kier alpha value is -2.14. The summed E-state index contributed by atoms with van der Waals surface area (Å²) in [5, 5.41) is 4.79. The topological polar surface area (TPSA) is 49.4 Å². The van der Waals surface area contributed by atoms with Crippen LogP contribution in [0.3, 0.4) is 0 Å². The highest BCUT2D eigenvalue weighted by molar-refractivity contribution is 7.09. The maximum Gasteiger partial charge on any atom is 0.250 e. The molecule has 2 heterocycles. The SMILES string of the molecule is CC1C(=O)NC(c2ccccc2)C(=O)N1Cc1cccs1. The van der Waals surface area contributed by atoms with Gasteiger partial charge in [0, 0.05) is 4.88 Å². The van der Waals surface area contributed by atoms with Crippen LogP contribution in [0.5, 0.6) is 0 Å². The summed E-state index contributed by atoms with van der Waals surface area (Å²) in [6, 6.07) is 12.3. The van der Waals surface area contributed by atoms with Gasteiger partial charge in [-0.25, -0.2) is 0 Å². The van der Waals surface area contributed by atoms with E-state index >= 15 is 0 Å². The molecule has 1 fully saturated rings. The number of hydrogen-bond acceptors (Lipinski definition) is 3. The zero-order chi connectivity index (χ0) is 14.8. The highest BCUT2D eigenvalue weighted by Crippen LogP contribution is 2.24. The molecular weight excluding hydrogens is 284 g/mol. The largest absolute Gasteiger partial charge is 0.339 e. The third kappa shape index (κ3) is 2.69. The Morgan fingerprint density at radius 2 is 1.90 bits per heavy atom. The van der Waals surface area contributed by atoms with Crippen LogP contribution in [0, 0.1) is 0 Å². The predicted molar refractivity (Wildman–Crippen MR) is 81.7 cm³/mol. The highest BCUT2D eigenvalue weighted by Gasteiger charge is 2.38. The van der Waals surface area contributed by atoms with E-state index in [-0.39, 0.29) is 11.8 Å². The standard InChI is InChI=1S/C16H16N2O2S/c1-11-15(19)17-14(12-6-3-2-4-7-12)16(20)18(11)10-13-8-5-9-21-13/h2-9,11,14H,10H2,1H3,(H,17,19). The molecule has 0 aliphatic carbocycles. The van der Waals surface area contributed by atoms with Crippen LogP contribution in [-0.2, 0) is 16.1 Å². The lowest BCUT2D eigenvalue weighted by Gasteiger charge is -2.37. The summed E-state index contributed by atoms with van der Waals surface area (Å²) in [6.07, 6.45) is 0. The van der Waals surface area contributed by atoms with E-state index in [1.54, 1.807) is 23.2 Å². The van der Waals surface area contributed by atoms with E-state index in [9.17, 15) is 9.59 Å². The van der Waals surface area contributed by atoms with Crippen molar-refractivity contribution in [3.05, 3.63) is 58.3 Å². The minimum absolute atomic E-state index is 0.0540. The van der Waals surface area contributed by atoms with Gasteiger partial charge in [-0.2, -0.15) is 0 Å². The molecule has 0 radical (unpaired) electrons. The van der Waals surface area contributed by atoms with Crippen molar-refractivity contribution in [2.75, 3.05) is 0 Å². The fraction of sp³-hybridized carbons (Fsp3) is 0.250. The third-order valence-electron chi connectivity index (χ3n) is 3.70. The molecule has 1 saturated heterocycles. The molecule has 1 N–H and O–H groups in total. The minimum atomic E-state index is -0.588. The van der Waals surface area contributed by atoms with Crippen molar-refractivity contribution in [2.24, 2.45) is 0 Å². The average molecular weight is 300 g/mol. The second kappa shape index (κ2) is 5.69. The molecule has 1 aromatic heterocycles. The van der Waals surface area contributed by atoms with Gasteiger partial charge in [0.15, 0.2) is 0 Å². The minimum Gasteiger partial charge on any atom is -0.339 e. The van der Waals surface area contributed by atoms with Gasteiger partial charge in [-0.15, -0.1) is 11.3 Å². The predicted octanol–water partition coefficient (Wildman–Crippen LogP) is 2.34. The Morgan fingerprint density at radius 1 is 1.14 bits per heavy atom. The van der Waals surface area contributed by atoms with E-state index in [4.69, 9.17) is 0 Å². The van der Waals surface area contributed by atoms with Crippen LogP contribution < -0.4 is 5.32 Å². The Kier molecular flexibility index (Phi) is 3.75. The van der Waals surface area contributed by atoms with E-state index in [0.717, 1.165) is 10.4 Å². The van der Waals surface area contributed by atoms with Crippen molar-refractivity contribution in [2.45, 2.75) is 25.6 Å². The Bertz CT molecular complexity index is 640. The van der Waals surface area contributed by atoms with Crippen molar-refractivity contribution in [3.63, 3.8) is 0 Å². The number of benzene rings is 1. The van der Waals surface area contributed by atoms with Gasteiger partial charge in [0.25, 0.3) is 5.91 Å². The lowest BCUT2D eigenvalue weighted by atomic mass is 10.0. The normalized spacial score (nSPS) is 22.2. The highest BCUT2D eigenvalue weighted by atomic mass is 32.1. The van der Waals surface area contributed by atoms with Gasteiger partial charge in [0.1, 0.15) is 12.1 Å². The van der Waals surface area contributed by atoms with Gasteiger partial charge in [-0.05, 0) is 23.9 Å². The van der Waals surface area contributed by atoms with Crippen LogP contribution in [0.2, 0.25) is 0 Å². The average Bonchev–Trinajstić information content (AvgIpc) is 3.01. The van der Waals surface area contributed by atoms with Gasteiger partial charge in [-0.1, -0.05) is 36.4 Å². The fourth-order valence-corrected chi connectivity index (χ4v) is 3.18. The summed E-state index contributed by atoms with van der Waals surface area (Å²) in [7, 11) is 0. The number of carbonyl (C=O) groups excluding carboxylic acids is 2. The van der Waals surface area contributed by atoms with Crippen molar-refractivity contribution in [3.8, 4) is 0 Å². The second-order valence-electron chi connectivity index (χ2n) is 5.07. The number of amides is 2. The summed E-state index contributed by atoms with van der Waals surface area (Å²) < 4.78 is 0. The van der Waals surface area contributed by atoms with Gasteiger partial charge in [0.05, 0.1) is 6.54 Å². The number of hydrogen-bond donors (Lipinski definition) is 1. The number of thiophene rings is 1. The van der Waals surface area contributed by atoms with E-state index in [1.807, 2.05) is 47.8 Å². The third-order valence-corrected chi connectivity index (χ3v) is 4.56. The maximum atomic E-state index is 12.7. The summed E-state index contributed by atoms with van der Waals surface area (Å²) in [5.74, 6) is -0.165. The van der Waals surface area contributed by atoms with Crippen molar-refractivity contribution < 1.29 is 9.59 Å². The van der Waals surface area contributed by atoms with Crippen LogP contribution in [-0.4, -0.2) is 22.8 Å². The number of carbonyl (C=O) groups is 2. The van der Waals surface area contributed by atoms with Crippen LogP contribution in [0.15, 0.2) is 47.8 Å². The molecule has 5 heteroatoms. The number of nitrogens with one attached hydrogen (secondary N) is 1. The first-order chi connectivity index (χ1) is 10.2. The number of rotatable bonds is 3. The zero-order valence-electron chi connectivity index (χ0n) is 11.7. The first-order valence-corrected chi connectivity index (χ1v) is 7.73. The lowest BCUT2D eigenvalue weighted by molar-refractivity contribution is -0.149. The molecule has 1 aliphatic rings. The Labute approximate surface area is 127 Å². The molecule has 1 aliphatic heterocycles. The lowest BCUT2D eigenvalue weighted by Crippen LogP contribution is -2.57. The molecule has 1 aromatic carbocycles. The number of piperazine rings is 1. The molecule has 2 atom stereocenters. The van der Waals surface area contributed by atoms with Gasteiger partial charge >= 0.3 is 0 Å². The molecule has 4 nitrogen and oxygen atoms in total. The fourth-order valence-electron chi connectivity index (χ4n) is 2.48.